The van der Waals surface area contributed by atoms with Gasteiger partial charge in [-0.3, -0.25) is 4.79 Å². The van der Waals surface area contributed by atoms with Crippen LogP contribution in [-0.4, -0.2) is 44.0 Å². The third kappa shape index (κ3) is 8.70. The number of aliphatic hydroxyl groups is 1. The molecule has 0 heterocycles. The predicted molar refractivity (Wildman–Crippen MR) is 84.4 cm³/mol. The number of benzene rings is 1. The van der Waals surface area contributed by atoms with E-state index in [2.05, 4.69) is 21.2 Å². The molecule has 0 bridgehead atoms. The van der Waals surface area contributed by atoms with Crippen LogP contribution < -0.4 is 10.1 Å². The number of halogens is 1. The Kier molecular flexibility index (Phi) is 9.05. The minimum atomic E-state index is -0.531. The van der Waals surface area contributed by atoms with Gasteiger partial charge < -0.3 is 19.9 Å². The van der Waals surface area contributed by atoms with Crippen LogP contribution in [-0.2, 0) is 9.53 Å². The molecule has 0 saturated carbocycles. The Morgan fingerprint density at radius 3 is 2.76 bits per heavy atom. The van der Waals surface area contributed by atoms with Crippen LogP contribution in [0.15, 0.2) is 28.7 Å². The summed E-state index contributed by atoms with van der Waals surface area (Å²) in [4.78, 5) is 11.6. The highest BCUT2D eigenvalue weighted by molar-refractivity contribution is 9.10. The van der Waals surface area contributed by atoms with Crippen LogP contribution in [0.1, 0.15) is 19.3 Å². The summed E-state index contributed by atoms with van der Waals surface area (Å²) in [5.74, 6) is 0.764. The van der Waals surface area contributed by atoms with Crippen molar-refractivity contribution in [3.63, 3.8) is 0 Å². The molecule has 1 amide bonds. The number of carbonyl (C=O) groups is 1. The zero-order valence-corrected chi connectivity index (χ0v) is 13.8. The molecule has 118 valence electrons. The van der Waals surface area contributed by atoms with E-state index < -0.39 is 6.10 Å². The molecule has 1 aromatic carbocycles. The molecular formula is C15H22BrNO4. The van der Waals surface area contributed by atoms with Crippen molar-refractivity contribution in [2.45, 2.75) is 25.4 Å². The van der Waals surface area contributed by atoms with E-state index in [0.29, 0.717) is 32.4 Å². The van der Waals surface area contributed by atoms with E-state index in [1.54, 1.807) is 0 Å². The summed E-state index contributed by atoms with van der Waals surface area (Å²) in [5, 5.41) is 12.2. The Labute approximate surface area is 133 Å². The largest absolute Gasteiger partial charge is 0.494 e. The summed E-state index contributed by atoms with van der Waals surface area (Å²) in [7, 11) is 1.53. The van der Waals surface area contributed by atoms with Crippen LogP contribution >= 0.6 is 15.9 Å². The van der Waals surface area contributed by atoms with Crippen molar-refractivity contribution in [1.29, 1.82) is 0 Å². The van der Waals surface area contributed by atoms with Crippen molar-refractivity contribution in [2.75, 3.05) is 26.9 Å². The first-order valence-corrected chi connectivity index (χ1v) is 7.73. The SMILES string of the molecule is COCC(O)CCNC(=O)CCCOc1ccc(Br)cc1. The molecule has 0 aliphatic heterocycles. The van der Waals surface area contributed by atoms with E-state index in [4.69, 9.17) is 9.47 Å². The van der Waals surface area contributed by atoms with Gasteiger partial charge in [0.1, 0.15) is 5.75 Å². The Bertz CT molecular complexity index is 411. The van der Waals surface area contributed by atoms with Gasteiger partial charge in [-0.15, -0.1) is 0 Å². The Hall–Kier alpha value is -1.11. The summed E-state index contributed by atoms with van der Waals surface area (Å²) in [6.45, 7) is 1.25. The normalized spacial score (nSPS) is 12.0. The van der Waals surface area contributed by atoms with Gasteiger partial charge in [-0.1, -0.05) is 15.9 Å². The fourth-order valence-corrected chi connectivity index (χ4v) is 1.96. The maximum absolute atomic E-state index is 11.6. The van der Waals surface area contributed by atoms with Gasteiger partial charge in [0, 0.05) is 24.5 Å². The van der Waals surface area contributed by atoms with Crippen LogP contribution in [0.4, 0.5) is 0 Å². The molecule has 5 nitrogen and oxygen atoms in total. The molecule has 1 aromatic rings. The number of ether oxygens (including phenoxy) is 2. The number of hydrogen-bond acceptors (Lipinski definition) is 4. The van der Waals surface area contributed by atoms with Gasteiger partial charge in [-0.2, -0.15) is 0 Å². The molecule has 0 radical (unpaired) electrons. The van der Waals surface area contributed by atoms with Gasteiger partial charge in [0.05, 0.1) is 19.3 Å². The molecule has 2 N–H and O–H groups in total. The summed E-state index contributed by atoms with van der Waals surface area (Å²) in [6.07, 6.45) is 1.03. The van der Waals surface area contributed by atoms with Gasteiger partial charge in [0.25, 0.3) is 0 Å². The van der Waals surface area contributed by atoms with Crippen molar-refractivity contribution in [2.24, 2.45) is 0 Å². The maximum atomic E-state index is 11.6. The number of carbonyl (C=O) groups excluding carboxylic acids is 1. The fraction of sp³-hybridized carbons (Fsp3) is 0.533. The lowest BCUT2D eigenvalue weighted by atomic mass is 10.2. The molecule has 0 saturated heterocycles. The van der Waals surface area contributed by atoms with Gasteiger partial charge in [0.2, 0.25) is 5.91 Å². The molecular weight excluding hydrogens is 338 g/mol. The first-order chi connectivity index (χ1) is 10.1. The number of amides is 1. The number of nitrogens with one attached hydrogen (secondary N) is 1. The quantitative estimate of drug-likeness (QED) is 0.628. The molecule has 0 spiro atoms. The molecule has 0 fully saturated rings. The lowest BCUT2D eigenvalue weighted by Gasteiger charge is -2.10. The highest BCUT2D eigenvalue weighted by atomic mass is 79.9. The average Bonchev–Trinajstić information content (AvgIpc) is 2.46. The molecule has 1 unspecified atom stereocenters. The van der Waals surface area contributed by atoms with Gasteiger partial charge in [0.15, 0.2) is 0 Å². The monoisotopic (exact) mass is 359 g/mol. The first kappa shape index (κ1) is 17.9. The second-order valence-electron chi connectivity index (χ2n) is 4.65. The Morgan fingerprint density at radius 2 is 2.10 bits per heavy atom. The summed E-state index contributed by atoms with van der Waals surface area (Å²) in [5.41, 5.74) is 0. The topological polar surface area (TPSA) is 67.8 Å². The molecule has 1 atom stereocenters. The summed E-state index contributed by atoms with van der Waals surface area (Å²) in [6, 6.07) is 7.57. The molecule has 1 rings (SSSR count). The number of methoxy groups -OCH3 is 1. The molecule has 21 heavy (non-hydrogen) atoms. The van der Waals surface area contributed by atoms with Crippen molar-refractivity contribution >= 4 is 21.8 Å². The number of hydrogen-bond donors (Lipinski definition) is 2. The molecule has 6 heteroatoms. The lowest BCUT2D eigenvalue weighted by Crippen LogP contribution is -2.28. The number of rotatable bonds is 10. The van der Waals surface area contributed by atoms with Crippen LogP contribution in [0.5, 0.6) is 5.75 Å². The molecule has 0 aliphatic carbocycles. The van der Waals surface area contributed by atoms with E-state index >= 15 is 0 Å². The van der Waals surface area contributed by atoms with E-state index in [0.717, 1.165) is 10.2 Å². The van der Waals surface area contributed by atoms with E-state index in [-0.39, 0.29) is 12.5 Å². The van der Waals surface area contributed by atoms with Gasteiger partial charge >= 0.3 is 0 Å². The zero-order valence-electron chi connectivity index (χ0n) is 12.2. The van der Waals surface area contributed by atoms with E-state index in [1.807, 2.05) is 24.3 Å². The molecule has 0 aliphatic rings. The second kappa shape index (κ2) is 10.6. The van der Waals surface area contributed by atoms with Crippen molar-refractivity contribution < 1.29 is 19.4 Å². The van der Waals surface area contributed by atoms with Crippen LogP contribution in [0.25, 0.3) is 0 Å². The van der Waals surface area contributed by atoms with Crippen LogP contribution in [0, 0.1) is 0 Å². The predicted octanol–water partition coefficient (Wildman–Crippen LogP) is 2.12. The Morgan fingerprint density at radius 1 is 1.38 bits per heavy atom. The second-order valence-corrected chi connectivity index (χ2v) is 5.57. The minimum Gasteiger partial charge on any atom is -0.494 e. The number of aliphatic hydroxyl groups excluding tert-OH is 1. The Balaban J connectivity index is 2.04. The van der Waals surface area contributed by atoms with E-state index in [9.17, 15) is 9.90 Å². The summed E-state index contributed by atoms with van der Waals surface area (Å²) < 4.78 is 11.3. The van der Waals surface area contributed by atoms with Gasteiger partial charge in [-0.25, -0.2) is 0 Å². The van der Waals surface area contributed by atoms with E-state index in [1.165, 1.54) is 7.11 Å². The third-order valence-electron chi connectivity index (χ3n) is 2.79. The van der Waals surface area contributed by atoms with Crippen molar-refractivity contribution in [3.8, 4) is 5.75 Å². The van der Waals surface area contributed by atoms with Crippen molar-refractivity contribution in [3.05, 3.63) is 28.7 Å². The van der Waals surface area contributed by atoms with Gasteiger partial charge in [-0.05, 0) is 37.1 Å². The fourth-order valence-electron chi connectivity index (χ4n) is 1.70. The van der Waals surface area contributed by atoms with Crippen LogP contribution in [0.3, 0.4) is 0 Å². The standard InChI is InChI=1S/C15H22BrNO4/c1-20-11-13(18)8-9-17-15(19)3-2-10-21-14-6-4-12(16)5-7-14/h4-7,13,18H,2-3,8-11H2,1H3,(H,17,19). The summed E-state index contributed by atoms with van der Waals surface area (Å²) >= 11 is 3.36. The average molecular weight is 360 g/mol. The first-order valence-electron chi connectivity index (χ1n) is 6.94. The smallest absolute Gasteiger partial charge is 0.220 e. The minimum absolute atomic E-state index is 0.0287. The zero-order chi connectivity index (χ0) is 15.5. The maximum Gasteiger partial charge on any atom is 0.220 e. The highest BCUT2D eigenvalue weighted by Gasteiger charge is 2.05. The van der Waals surface area contributed by atoms with Crippen molar-refractivity contribution in [1.82, 2.24) is 5.32 Å². The molecule has 0 aromatic heterocycles. The lowest BCUT2D eigenvalue weighted by molar-refractivity contribution is -0.121. The highest BCUT2D eigenvalue weighted by Crippen LogP contribution is 2.16. The third-order valence-corrected chi connectivity index (χ3v) is 3.32. The van der Waals surface area contributed by atoms with Crippen LogP contribution in [0.2, 0.25) is 0 Å².